The topological polar surface area (TPSA) is 178 Å². The number of amides is 2. The lowest BCUT2D eigenvalue weighted by Crippen LogP contribution is -2.48. The molecular weight excluding hydrogens is 688 g/mol. The molecule has 0 unspecified atom stereocenters. The summed E-state index contributed by atoms with van der Waals surface area (Å²) >= 11 is 6.71. The molecule has 51 heavy (non-hydrogen) atoms. The first-order valence-electron chi connectivity index (χ1n) is 15.8. The first-order chi connectivity index (χ1) is 24.5. The Morgan fingerprint density at radius 1 is 1.04 bits per heavy atom. The fraction of sp³-hybridized carbons (Fsp3) is 0.229. The van der Waals surface area contributed by atoms with Gasteiger partial charge in [0, 0.05) is 59.9 Å². The summed E-state index contributed by atoms with van der Waals surface area (Å²) < 4.78 is 40.5. The third-order valence-electron chi connectivity index (χ3n) is 8.54. The fourth-order valence-electron chi connectivity index (χ4n) is 5.54. The molecule has 6 aromatic rings. The van der Waals surface area contributed by atoms with E-state index in [1.807, 2.05) is 24.3 Å². The lowest BCUT2D eigenvalue weighted by atomic mass is 10.1. The predicted molar refractivity (Wildman–Crippen MR) is 177 cm³/mol. The van der Waals surface area contributed by atoms with Crippen LogP contribution in [0.15, 0.2) is 75.9 Å². The van der Waals surface area contributed by atoms with E-state index in [9.17, 15) is 18.8 Å². The number of aryl methyl sites for hydroxylation is 1. The van der Waals surface area contributed by atoms with Crippen molar-refractivity contribution in [1.29, 1.82) is 0 Å². The number of para-hydroxylation sites is 1. The average Bonchev–Trinajstić information content (AvgIpc) is 3.99. The Balaban J connectivity index is 0.000000313. The van der Waals surface area contributed by atoms with Crippen molar-refractivity contribution in [3.63, 3.8) is 0 Å². The zero-order chi connectivity index (χ0) is 35.9. The summed E-state index contributed by atoms with van der Waals surface area (Å²) in [6, 6.07) is 15.9. The van der Waals surface area contributed by atoms with Gasteiger partial charge in [-0.3, -0.25) is 9.59 Å². The molecule has 0 saturated heterocycles. The molecule has 3 N–H and O–H groups in total. The van der Waals surface area contributed by atoms with Crippen LogP contribution in [-0.4, -0.2) is 53.3 Å². The summed E-state index contributed by atoms with van der Waals surface area (Å²) in [6.45, 7) is 1.56. The first kappa shape index (κ1) is 33.5. The predicted octanol–water partition coefficient (Wildman–Crippen LogP) is 6.14. The number of aromatic nitrogens is 5. The first-order valence-corrected chi connectivity index (χ1v) is 16.2. The smallest absolute Gasteiger partial charge is 0.358 e. The number of aromatic carboxylic acids is 1. The monoisotopic (exact) mass is 715 g/mol. The van der Waals surface area contributed by atoms with Crippen LogP contribution in [0.4, 0.5) is 8.78 Å². The molecule has 2 fully saturated rings. The molecule has 13 nitrogen and oxygen atoms in total. The number of carboxylic acid groups (broad SMARTS) is 1. The molecule has 16 heteroatoms. The largest absolute Gasteiger partial charge is 0.476 e. The van der Waals surface area contributed by atoms with E-state index in [0.717, 1.165) is 29.8 Å². The maximum absolute atomic E-state index is 15.4. The Morgan fingerprint density at radius 2 is 1.82 bits per heavy atom. The molecule has 0 radical (unpaired) electrons. The van der Waals surface area contributed by atoms with E-state index in [-0.39, 0.29) is 29.2 Å². The number of benzene rings is 2. The van der Waals surface area contributed by atoms with Gasteiger partial charge in [0.15, 0.2) is 5.69 Å². The second-order valence-electron chi connectivity index (χ2n) is 12.2. The highest BCUT2D eigenvalue weighted by atomic mass is 35.5. The van der Waals surface area contributed by atoms with E-state index in [1.54, 1.807) is 23.6 Å². The van der Waals surface area contributed by atoms with Crippen molar-refractivity contribution in [1.82, 2.24) is 35.5 Å². The van der Waals surface area contributed by atoms with E-state index in [0.29, 0.717) is 46.8 Å². The van der Waals surface area contributed by atoms with Crippen molar-refractivity contribution >= 4 is 40.3 Å². The second-order valence-corrected chi connectivity index (χ2v) is 12.6. The minimum absolute atomic E-state index is 0.00639. The minimum atomic E-state index is -1.12. The maximum Gasteiger partial charge on any atom is 0.358 e. The number of hydrogen-bond donors (Lipinski definition) is 3. The molecule has 2 aliphatic rings. The van der Waals surface area contributed by atoms with Crippen molar-refractivity contribution in [3.8, 4) is 17.2 Å². The quantitative estimate of drug-likeness (QED) is 0.147. The summed E-state index contributed by atoms with van der Waals surface area (Å²) in [5.41, 5.74) is 0.851. The lowest BCUT2D eigenvalue weighted by Gasteiger charge is -2.18. The Bertz CT molecular complexity index is 2310. The van der Waals surface area contributed by atoms with Crippen LogP contribution in [-0.2, 0) is 11.3 Å². The van der Waals surface area contributed by atoms with Crippen molar-refractivity contribution in [2.24, 2.45) is 0 Å². The standard InChI is InChI=1S/C28H21ClF2N6O3.C7H7NO3/c1-15-34-25(36-40-15)24-23(29)19-4-2-3-5-21(19)37(24)18-7-6-17(20(30)13-18)14-33-27(39)28(9-10-28)35-26(38)16-8-11-32-22(31)12-16;9-7(10)5-3-6(11-8-5)4-1-2-4/h2-8,11-13H,9-10,14H2,1H3,(H,33,39)(H,35,38);3-4H,1-2H2,(H,9,10). The van der Waals surface area contributed by atoms with Crippen LogP contribution in [0.5, 0.6) is 0 Å². The number of nitrogens with one attached hydrogen (secondary N) is 2. The SMILES string of the molecule is Cc1nc(-c2c(Cl)c3ccccc3n2-c2ccc(CNC(=O)C3(NC(=O)c4ccnc(F)c4)CC3)c(F)c2)no1.O=C(O)c1cc(C2CC2)on1. The maximum atomic E-state index is 15.4. The Morgan fingerprint density at radius 3 is 2.47 bits per heavy atom. The second kappa shape index (κ2) is 13.4. The van der Waals surface area contributed by atoms with Crippen LogP contribution in [0.2, 0.25) is 5.02 Å². The van der Waals surface area contributed by atoms with Crippen LogP contribution < -0.4 is 10.6 Å². The van der Waals surface area contributed by atoms with Gasteiger partial charge in [-0.25, -0.2) is 14.2 Å². The summed E-state index contributed by atoms with van der Waals surface area (Å²) in [5.74, 6) is -1.65. The lowest BCUT2D eigenvalue weighted by molar-refractivity contribution is -0.124. The molecule has 4 aromatic heterocycles. The third-order valence-corrected chi connectivity index (χ3v) is 8.92. The number of nitrogens with zero attached hydrogens (tertiary/aromatic N) is 5. The van der Waals surface area contributed by atoms with E-state index in [4.69, 9.17) is 25.8 Å². The van der Waals surface area contributed by atoms with Gasteiger partial charge in [-0.1, -0.05) is 46.2 Å². The molecule has 2 saturated carbocycles. The van der Waals surface area contributed by atoms with Crippen molar-refractivity contribution in [2.45, 2.75) is 50.6 Å². The summed E-state index contributed by atoms with van der Waals surface area (Å²) in [7, 11) is 0. The Labute approximate surface area is 292 Å². The molecule has 0 aliphatic heterocycles. The molecule has 0 spiro atoms. The third kappa shape index (κ3) is 6.92. The zero-order valence-corrected chi connectivity index (χ0v) is 27.6. The number of halogens is 3. The van der Waals surface area contributed by atoms with Gasteiger partial charge in [0.05, 0.1) is 10.5 Å². The van der Waals surface area contributed by atoms with Gasteiger partial charge < -0.3 is 29.4 Å². The highest BCUT2D eigenvalue weighted by molar-refractivity contribution is 6.38. The van der Waals surface area contributed by atoms with Crippen molar-refractivity contribution in [2.75, 3.05) is 0 Å². The molecule has 0 bridgehead atoms. The van der Waals surface area contributed by atoms with Gasteiger partial charge >= 0.3 is 5.97 Å². The highest BCUT2D eigenvalue weighted by Gasteiger charge is 2.51. The van der Waals surface area contributed by atoms with Gasteiger partial charge in [0.1, 0.15) is 22.8 Å². The number of carboxylic acids is 1. The van der Waals surface area contributed by atoms with Gasteiger partial charge in [0.25, 0.3) is 5.91 Å². The van der Waals surface area contributed by atoms with Crippen LogP contribution in [0.25, 0.3) is 28.1 Å². The number of carbonyl (C=O) groups excluding carboxylic acids is 2. The van der Waals surface area contributed by atoms with Crippen LogP contribution in [0, 0.1) is 18.7 Å². The van der Waals surface area contributed by atoms with Gasteiger partial charge in [-0.15, -0.1) is 0 Å². The molecule has 8 rings (SSSR count). The van der Waals surface area contributed by atoms with Crippen LogP contribution >= 0.6 is 11.6 Å². The molecule has 260 valence electrons. The normalized spacial score (nSPS) is 14.4. The number of fused-ring (bicyclic) bond motifs is 1. The van der Waals surface area contributed by atoms with Gasteiger partial charge in [-0.2, -0.15) is 9.37 Å². The summed E-state index contributed by atoms with van der Waals surface area (Å²) in [5, 5.41) is 22.4. The van der Waals surface area contributed by atoms with E-state index >= 15 is 4.39 Å². The Hall–Kier alpha value is -5.96. The number of carbonyl (C=O) groups is 3. The number of rotatable bonds is 9. The molecule has 2 aromatic carbocycles. The average molecular weight is 716 g/mol. The van der Waals surface area contributed by atoms with Gasteiger partial charge in [-0.05, 0) is 49.9 Å². The molecule has 2 amide bonds. The molecule has 4 heterocycles. The van der Waals surface area contributed by atoms with E-state index in [2.05, 4.69) is 30.9 Å². The summed E-state index contributed by atoms with van der Waals surface area (Å²) in [6.07, 6.45) is 4.19. The van der Waals surface area contributed by atoms with E-state index < -0.39 is 35.1 Å². The fourth-order valence-corrected chi connectivity index (χ4v) is 5.87. The zero-order valence-electron chi connectivity index (χ0n) is 26.8. The van der Waals surface area contributed by atoms with Crippen LogP contribution in [0.3, 0.4) is 0 Å². The Kier molecular flexibility index (Phi) is 8.81. The van der Waals surface area contributed by atoms with Crippen molar-refractivity contribution in [3.05, 3.63) is 112 Å². The molecule has 0 atom stereocenters. The number of pyridine rings is 1. The minimum Gasteiger partial charge on any atom is -0.476 e. The van der Waals surface area contributed by atoms with Crippen molar-refractivity contribution < 1.29 is 37.3 Å². The van der Waals surface area contributed by atoms with Gasteiger partial charge in [0.2, 0.25) is 23.6 Å². The van der Waals surface area contributed by atoms with E-state index in [1.165, 1.54) is 24.4 Å². The van der Waals surface area contributed by atoms with Crippen LogP contribution in [0.1, 0.15) is 69.7 Å². The molecule has 2 aliphatic carbocycles. The molecular formula is C35H28ClF2N7O6. The summed E-state index contributed by atoms with van der Waals surface area (Å²) in [4.78, 5) is 43.5. The number of hydrogen-bond acceptors (Lipinski definition) is 9. The highest BCUT2D eigenvalue weighted by Crippen LogP contribution is 2.41.